The number of anilines is 1. The number of nitrogens with two attached hydrogens (primary N) is 1. The molecular formula is C38H34ClFN8O10S. The monoisotopic (exact) mass is 848 g/mol. The molecule has 1 aliphatic carbocycles. The molecule has 18 nitrogen and oxygen atoms in total. The first-order valence-electron chi connectivity index (χ1n) is 18.3. The van der Waals surface area contributed by atoms with E-state index in [0.717, 1.165) is 41.9 Å². The van der Waals surface area contributed by atoms with Crippen LogP contribution in [0.4, 0.5) is 10.1 Å². The number of nitrogens with zero attached hydrogens (tertiary/aromatic N) is 4. The van der Waals surface area contributed by atoms with Gasteiger partial charge < -0.3 is 45.8 Å². The van der Waals surface area contributed by atoms with Gasteiger partial charge in [-0.15, -0.1) is 11.8 Å². The maximum atomic E-state index is 15.6. The molecule has 4 atom stereocenters. The standard InChI is InChI=1S/C38H34ClFN8O10S/c39-23-29-20(10-22(40)30(23)46-9-8-18(41)11-46)31(49)21(12-47(29)19-6-7-19)38(57)58-13-17-14-59-35-27(34(52)48(35)28(17)37(55)56)45-32(50)24(16-4-2-1-3-5-16)44-33(51)25-26(36(53)54)43-15-42-25/h1-5,10,12,15,18-19,24,27,35H,6-9,11,13-14,41H2,(H,42,43)(H,44,51)(H,45,50)(H,53,54)(H,55,56)/t18?,24-,27-,35-/m1/s1. The van der Waals surface area contributed by atoms with Crippen LogP contribution < -0.4 is 26.7 Å². The molecule has 0 spiro atoms. The van der Waals surface area contributed by atoms with Gasteiger partial charge in [-0.3, -0.25) is 24.1 Å². The van der Waals surface area contributed by atoms with Gasteiger partial charge in [0, 0.05) is 42.7 Å². The molecule has 2 aromatic carbocycles. The summed E-state index contributed by atoms with van der Waals surface area (Å²) in [4.78, 5) is 100. The molecule has 3 amide bonds. The molecule has 4 aromatic rings. The smallest absolute Gasteiger partial charge is 0.354 e. The molecule has 1 saturated carbocycles. The molecule has 3 fully saturated rings. The first kappa shape index (κ1) is 39.6. The molecule has 1 unspecified atom stereocenters. The second kappa shape index (κ2) is 15.5. The zero-order valence-electron chi connectivity index (χ0n) is 30.6. The van der Waals surface area contributed by atoms with Gasteiger partial charge >= 0.3 is 17.9 Å². The van der Waals surface area contributed by atoms with E-state index >= 15 is 4.39 Å². The number of esters is 1. The van der Waals surface area contributed by atoms with Crippen molar-refractivity contribution in [3.8, 4) is 0 Å². The highest BCUT2D eigenvalue weighted by Gasteiger charge is 2.54. The zero-order chi connectivity index (χ0) is 41.9. The Kier molecular flexibility index (Phi) is 10.4. The molecule has 7 N–H and O–H groups in total. The Balaban J connectivity index is 1.00. The fourth-order valence-electron chi connectivity index (χ4n) is 7.53. The largest absolute Gasteiger partial charge is 0.477 e. The maximum absolute atomic E-state index is 15.6. The molecule has 0 bridgehead atoms. The number of nitrogens with one attached hydrogen (secondary N) is 3. The van der Waals surface area contributed by atoms with E-state index in [9.17, 15) is 43.8 Å². The van der Waals surface area contributed by atoms with Gasteiger partial charge in [-0.25, -0.2) is 23.8 Å². The van der Waals surface area contributed by atoms with Crippen molar-refractivity contribution < 1.29 is 48.1 Å². The second-order valence-corrected chi connectivity index (χ2v) is 15.9. The predicted molar refractivity (Wildman–Crippen MR) is 208 cm³/mol. The van der Waals surface area contributed by atoms with Gasteiger partial charge in [0.2, 0.25) is 11.3 Å². The minimum absolute atomic E-state index is 0.0282. The normalized spacial score (nSPS) is 20.5. The number of imidazole rings is 1. The van der Waals surface area contributed by atoms with Gasteiger partial charge in [0.25, 0.3) is 11.8 Å². The number of aromatic amines is 1. The van der Waals surface area contributed by atoms with Gasteiger partial charge in [0.1, 0.15) is 41.1 Å². The van der Waals surface area contributed by atoms with Crippen molar-refractivity contribution in [1.82, 2.24) is 30.1 Å². The molecule has 59 heavy (non-hydrogen) atoms. The van der Waals surface area contributed by atoms with E-state index < -0.39 is 93.6 Å². The number of rotatable bonds is 12. The van der Waals surface area contributed by atoms with Crippen LogP contribution in [0, 0.1) is 5.82 Å². The predicted octanol–water partition coefficient (Wildman–Crippen LogP) is 2.15. The number of halogens is 2. The van der Waals surface area contributed by atoms with Crippen molar-refractivity contribution in [3.63, 3.8) is 0 Å². The first-order valence-corrected chi connectivity index (χ1v) is 19.7. The lowest BCUT2D eigenvalue weighted by Crippen LogP contribution is -2.71. The Morgan fingerprint density at radius 2 is 1.85 bits per heavy atom. The highest BCUT2D eigenvalue weighted by molar-refractivity contribution is 8.00. The molecule has 3 aliphatic heterocycles. The van der Waals surface area contributed by atoms with Crippen molar-refractivity contribution in [2.75, 3.05) is 30.3 Å². The molecule has 0 radical (unpaired) electrons. The van der Waals surface area contributed by atoms with Crippen molar-refractivity contribution in [1.29, 1.82) is 0 Å². The number of β-lactam (4-membered cyclic amide) rings is 1. The van der Waals surface area contributed by atoms with Gasteiger partial charge in [-0.05, 0) is 30.9 Å². The van der Waals surface area contributed by atoms with Crippen LogP contribution in [0.25, 0.3) is 10.9 Å². The van der Waals surface area contributed by atoms with Crippen LogP contribution in [0.5, 0.6) is 0 Å². The molecule has 4 aliphatic rings. The number of carbonyl (C=O) groups excluding carboxylic acids is 4. The third-order valence-electron chi connectivity index (χ3n) is 10.5. The Labute approximate surface area is 341 Å². The highest BCUT2D eigenvalue weighted by Crippen LogP contribution is 2.43. The minimum Gasteiger partial charge on any atom is -0.477 e. The third kappa shape index (κ3) is 7.16. The van der Waals surface area contributed by atoms with Crippen LogP contribution in [0.2, 0.25) is 5.02 Å². The number of hydrogen-bond donors (Lipinski definition) is 6. The minimum atomic E-state index is -1.51. The lowest BCUT2D eigenvalue weighted by Gasteiger charge is -2.49. The zero-order valence-corrected chi connectivity index (χ0v) is 32.2. The Hall–Kier alpha value is -6.25. The van der Waals surface area contributed by atoms with Crippen LogP contribution in [-0.4, -0.2) is 108 Å². The number of aromatic nitrogens is 3. The maximum Gasteiger partial charge on any atom is 0.354 e. The van der Waals surface area contributed by atoms with Crippen LogP contribution >= 0.6 is 23.4 Å². The van der Waals surface area contributed by atoms with E-state index in [-0.39, 0.29) is 45.0 Å². The Morgan fingerprint density at radius 3 is 2.51 bits per heavy atom. The number of benzene rings is 2. The van der Waals surface area contributed by atoms with Crippen LogP contribution in [0.15, 0.2) is 65.0 Å². The van der Waals surface area contributed by atoms with Crippen LogP contribution in [0.3, 0.4) is 0 Å². The average Bonchev–Trinajstić information content (AvgIpc) is 3.77. The Bertz CT molecular complexity index is 2560. The van der Waals surface area contributed by atoms with Crippen molar-refractivity contribution in [2.24, 2.45) is 5.73 Å². The van der Waals surface area contributed by atoms with Crippen molar-refractivity contribution in [2.45, 2.75) is 48.8 Å². The number of carbonyl (C=O) groups is 6. The number of pyridine rings is 1. The lowest BCUT2D eigenvalue weighted by molar-refractivity contribution is -0.151. The van der Waals surface area contributed by atoms with E-state index in [1.165, 1.54) is 18.3 Å². The van der Waals surface area contributed by atoms with Crippen molar-refractivity contribution >= 4 is 75.6 Å². The van der Waals surface area contributed by atoms with Gasteiger partial charge in [0.05, 0.1) is 27.9 Å². The molecule has 8 rings (SSSR count). The fraction of sp³-hybridized carbons (Fsp3) is 0.316. The summed E-state index contributed by atoms with van der Waals surface area (Å²) in [7, 11) is 0. The quantitative estimate of drug-likeness (QED) is 0.0883. The number of H-pyrrole nitrogens is 1. The van der Waals surface area contributed by atoms with E-state index in [4.69, 9.17) is 22.1 Å². The number of aliphatic carboxylic acids is 1. The van der Waals surface area contributed by atoms with E-state index in [0.29, 0.717) is 25.1 Å². The second-order valence-electron chi connectivity index (χ2n) is 14.4. The number of aromatic carboxylic acids is 1. The summed E-state index contributed by atoms with van der Waals surface area (Å²) in [6.45, 7) is 0.247. The highest BCUT2D eigenvalue weighted by atomic mass is 35.5. The number of carboxylic acids is 2. The number of ether oxygens (including phenoxy) is 1. The average molecular weight is 849 g/mol. The summed E-state index contributed by atoms with van der Waals surface area (Å²) < 4.78 is 22.8. The fourth-order valence-corrected chi connectivity index (χ4v) is 9.27. The molecule has 2 saturated heterocycles. The van der Waals surface area contributed by atoms with Crippen molar-refractivity contribution in [3.05, 3.63) is 104 Å². The molecule has 21 heteroatoms. The topological polar surface area (TPSA) is 259 Å². The SMILES string of the molecule is NC1CCN(c2c(F)cc3c(=O)c(C(=O)OCC4=C(C(=O)O)N5C(=O)[C@@H](NC(=O)[C@H](NC(=O)c6nc[nH]c6C(=O)O)c6ccccc6)[C@H]5SC4)cn(C4CC4)c3c2Cl)C1. The van der Waals surface area contributed by atoms with Crippen LogP contribution in [-0.2, 0) is 19.1 Å². The van der Waals surface area contributed by atoms with Crippen LogP contribution in [0.1, 0.15) is 68.2 Å². The van der Waals surface area contributed by atoms with E-state index in [1.54, 1.807) is 27.7 Å². The molecule has 306 valence electrons. The summed E-state index contributed by atoms with van der Waals surface area (Å²) in [5, 5.41) is 23.7. The number of thioether (sulfide) groups is 1. The van der Waals surface area contributed by atoms with Gasteiger partial charge in [-0.1, -0.05) is 41.9 Å². The molecule has 5 heterocycles. The number of hydrogen-bond acceptors (Lipinski definition) is 12. The summed E-state index contributed by atoms with van der Waals surface area (Å²) in [5.74, 6) is -7.49. The number of amides is 3. The summed E-state index contributed by atoms with van der Waals surface area (Å²) in [6.07, 6.45) is 4.42. The number of carboxylic acid groups (broad SMARTS) is 2. The van der Waals surface area contributed by atoms with E-state index in [1.807, 2.05) is 0 Å². The molecule has 2 aromatic heterocycles. The summed E-state index contributed by atoms with van der Waals surface area (Å²) in [5.41, 5.74) is 4.10. The summed E-state index contributed by atoms with van der Waals surface area (Å²) in [6, 6.07) is 6.06. The number of fused-ring (bicyclic) bond motifs is 2. The van der Waals surface area contributed by atoms with Gasteiger partial charge in [0.15, 0.2) is 11.4 Å². The lowest BCUT2D eigenvalue weighted by atomic mass is 10.0. The molecular weight excluding hydrogens is 815 g/mol. The third-order valence-corrected chi connectivity index (χ3v) is 12.2. The van der Waals surface area contributed by atoms with E-state index in [2.05, 4.69) is 20.6 Å². The summed E-state index contributed by atoms with van der Waals surface area (Å²) >= 11 is 7.87. The first-order chi connectivity index (χ1) is 28.2. The van der Waals surface area contributed by atoms with Gasteiger partial charge in [-0.2, -0.15) is 0 Å². The Morgan fingerprint density at radius 1 is 1.10 bits per heavy atom.